The molecule has 0 heterocycles. The van der Waals surface area contributed by atoms with E-state index in [1.807, 2.05) is 0 Å². The molecule has 0 aromatic heterocycles. The van der Waals surface area contributed by atoms with E-state index in [1.165, 1.54) is 25.7 Å². The van der Waals surface area contributed by atoms with Gasteiger partial charge in [-0.3, -0.25) is 0 Å². The first-order valence-corrected chi connectivity index (χ1v) is 7.23. The predicted molar refractivity (Wildman–Crippen MR) is 76.5 cm³/mol. The van der Waals surface area contributed by atoms with Gasteiger partial charge in [-0.2, -0.15) is 0 Å². The standard InChI is InChI=1S/C15H33NO/c1-7-8-9-10-11-17-14(13(2)3)12-16-15(4,5)6/h13-14,16H,7-12H2,1-6H3. The van der Waals surface area contributed by atoms with E-state index in [-0.39, 0.29) is 5.54 Å². The SMILES string of the molecule is CCCCCCOC(CNC(C)(C)C)C(C)C. The van der Waals surface area contributed by atoms with Crippen molar-refractivity contribution in [1.82, 2.24) is 5.32 Å². The highest BCUT2D eigenvalue weighted by Gasteiger charge is 2.17. The molecule has 0 spiro atoms. The molecule has 17 heavy (non-hydrogen) atoms. The molecule has 0 amide bonds. The maximum atomic E-state index is 5.98. The topological polar surface area (TPSA) is 21.3 Å². The molecule has 0 aromatic rings. The van der Waals surface area contributed by atoms with Crippen molar-refractivity contribution in [3.63, 3.8) is 0 Å². The molecule has 104 valence electrons. The highest BCUT2D eigenvalue weighted by atomic mass is 16.5. The Morgan fingerprint density at radius 1 is 1.06 bits per heavy atom. The third-order valence-electron chi connectivity index (χ3n) is 2.91. The molecule has 2 heteroatoms. The summed E-state index contributed by atoms with van der Waals surface area (Å²) in [5, 5.41) is 3.53. The Bertz CT molecular complexity index is 172. The molecule has 0 rings (SSSR count). The van der Waals surface area contributed by atoms with Crippen LogP contribution in [-0.4, -0.2) is 24.8 Å². The fourth-order valence-electron chi connectivity index (χ4n) is 1.66. The van der Waals surface area contributed by atoms with E-state index in [0.717, 1.165) is 13.2 Å². The van der Waals surface area contributed by atoms with Crippen LogP contribution in [0.1, 0.15) is 67.2 Å². The zero-order valence-corrected chi connectivity index (χ0v) is 12.8. The average molecular weight is 243 g/mol. The highest BCUT2D eigenvalue weighted by Crippen LogP contribution is 2.09. The summed E-state index contributed by atoms with van der Waals surface area (Å²) in [5.41, 5.74) is 0.179. The van der Waals surface area contributed by atoms with Gasteiger partial charge in [0.05, 0.1) is 6.10 Å². The van der Waals surface area contributed by atoms with Crippen LogP contribution in [0.15, 0.2) is 0 Å². The first-order chi connectivity index (χ1) is 7.87. The van der Waals surface area contributed by atoms with Gasteiger partial charge in [0.15, 0.2) is 0 Å². The van der Waals surface area contributed by atoms with Gasteiger partial charge in [-0.15, -0.1) is 0 Å². The number of rotatable bonds is 9. The van der Waals surface area contributed by atoms with Gasteiger partial charge in [0, 0.05) is 18.7 Å². The molecule has 0 saturated heterocycles. The van der Waals surface area contributed by atoms with E-state index in [2.05, 4.69) is 46.9 Å². The summed E-state index contributed by atoms with van der Waals surface area (Å²) in [7, 11) is 0. The largest absolute Gasteiger partial charge is 0.377 e. The van der Waals surface area contributed by atoms with E-state index >= 15 is 0 Å². The lowest BCUT2D eigenvalue weighted by atomic mass is 10.0. The molecule has 0 aliphatic carbocycles. The van der Waals surface area contributed by atoms with Crippen LogP contribution < -0.4 is 5.32 Å². The zero-order chi connectivity index (χ0) is 13.3. The Hall–Kier alpha value is -0.0800. The third kappa shape index (κ3) is 10.8. The molecule has 2 nitrogen and oxygen atoms in total. The quantitative estimate of drug-likeness (QED) is 0.618. The molecule has 1 unspecified atom stereocenters. The Kier molecular flexibility index (Phi) is 8.89. The number of nitrogens with one attached hydrogen (secondary N) is 1. The van der Waals surface area contributed by atoms with Crippen molar-refractivity contribution in [3.05, 3.63) is 0 Å². The van der Waals surface area contributed by atoms with Crippen molar-refractivity contribution < 1.29 is 4.74 Å². The molecule has 1 atom stereocenters. The number of ether oxygens (including phenoxy) is 1. The number of unbranched alkanes of at least 4 members (excludes halogenated alkanes) is 3. The Morgan fingerprint density at radius 3 is 2.18 bits per heavy atom. The summed E-state index contributed by atoms with van der Waals surface area (Å²) in [6.45, 7) is 15.2. The molecule has 0 fully saturated rings. The summed E-state index contributed by atoms with van der Waals surface area (Å²) in [4.78, 5) is 0. The minimum absolute atomic E-state index is 0.179. The first kappa shape index (κ1) is 16.9. The van der Waals surface area contributed by atoms with Gasteiger partial charge in [-0.05, 0) is 33.1 Å². The second-order valence-electron chi connectivity index (χ2n) is 6.34. The van der Waals surface area contributed by atoms with Gasteiger partial charge in [0.2, 0.25) is 0 Å². The van der Waals surface area contributed by atoms with Crippen LogP contribution in [-0.2, 0) is 4.74 Å². The molecule has 0 saturated carbocycles. The molecule has 0 radical (unpaired) electrons. The lowest BCUT2D eigenvalue weighted by Gasteiger charge is -2.27. The van der Waals surface area contributed by atoms with E-state index in [1.54, 1.807) is 0 Å². The fourth-order valence-corrected chi connectivity index (χ4v) is 1.66. The minimum atomic E-state index is 0.179. The number of hydrogen-bond donors (Lipinski definition) is 1. The summed E-state index contributed by atoms with van der Waals surface area (Å²) in [6.07, 6.45) is 5.46. The van der Waals surface area contributed by atoms with Crippen molar-refractivity contribution >= 4 is 0 Å². The maximum absolute atomic E-state index is 5.98. The average Bonchev–Trinajstić information content (AvgIpc) is 2.20. The Balaban J connectivity index is 3.76. The van der Waals surface area contributed by atoms with Gasteiger partial charge in [-0.25, -0.2) is 0 Å². The summed E-state index contributed by atoms with van der Waals surface area (Å²) in [5.74, 6) is 0.580. The van der Waals surface area contributed by atoms with Crippen LogP contribution in [0.5, 0.6) is 0 Å². The van der Waals surface area contributed by atoms with Gasteiger partial charge in [-0.1, -0.05) is 40.0 Å². The van der Waals surface area contributed by atoms with E-state index in [4.69, 9.17) is 4.74 Å². The normalized spacial score (nSPS) is 14.3. The molecule has 0 aliphatic rings. The van der Waals surface area contributed by atoms with Gasteiger partial charge in [0.25, 0.3) is 0 Å². The van der Waals surface area contributed by atoms with Crippen molar-refractivity contribution in [2.75, 3.05) is 13.2 Å². The fraction of sp³-hybridized carbons (Fsp3) is 1.00. The highest BCUT2D eigenvalue weighted by molar-refractivity contribution is 4.75. The van der Waals surface area contributed by atoms with Crippen LogP contribution >= 0.6 is 0 Å². The summed E-state index contributed by atoms with van der Waals surface area (Å²) < 4.78 is 5.98. The van der Waals surface area contributed by atoms with Gasteiger partial charge >= 0.3 is 0 Å². The van der Waals surface area contributed by atoms with E-state index in [9.17, 15) is 0 Å². The van der Waals surface area contributed by atoms with Crippen molar-refractivity contribution in [2.45, 2.75) is 78.9 Å². The van der Waals surface area contributed by atoms with Crippen LogP contribution in [0.4, 0.5) is 0 Å². The zero-order valence-electron chi connectivity index (χ0n) is 12.8. The van der Waals surface area contributed by atoms with E-state index < -0.39 is 0 Å². The molecular weight excluding hydrogens is 210 g/mol. The molecule has 0 aliphatic heterocycles. The molecular formula is C15H33NO. The third-order valence-corrected chi connectivity index (χ3v) is 2.91. The molecule has 1 N–H and O–H groups in total. The Morgan fingerprint density at radius 2 is 1.71 bits per heavy atom. The second-order valence-corrected chi connectivity index (χ2v) is 6.34. The van der Waals surface area contributed by atoms with Crippen molar-refractivity contribution in [1.29, 1.82) is 0 Å². The van der Waals surface area contributed by atoms with Gasteiger partial charge < -0.3 is 10.1 Å². The maximum Gasteiger partial charge on any atom is 0.0722 e. The predicted octanol–water partition coefficient (Wildman–Crippen LogP) is 4.00. The van der Waals surface area contributed by atoms with Crippen LogP contribution in [0.25, 0.3) is 0 Å². The minimum Gasteiger partial charge on any atom is -0.377 e. The van der Waals surface area contributed by atoms with Crippen LogP contribution in [0.3, 0.4) is 0 Å². The second kappa shape index (κ2) is 8.93. The number of hydrogen-bond acceptors (Lipinski definition) is 2. The summed E-state index contributed by atoms with van der Waals surface area (Å²) >= 11 is 0. The van der Waals surface area contributed by atoms with Gasteiger partial charge in [0.1, 0.15) is 0 Å². The molecule has 0 bridgehead atoms. The first-order valence-electron chi connectivity index (χ1n) is 7.23. The van der Waals surface area contributed by atoms with Crippen molar-refractivity contribution in [2.24, 2.45) is 5.92 Å². The van der Waals surface area contributed by atoms with Crippen LogP contribution in [0.2, 0.25) is 0 Å². The lowest BCUT2D eigenvalue weighted by Crippen LogP contribution is -2.43. The summed E-state index contributed by atoms with van der Waals surface area (Å²) in [6, 6.07) is 0. The van der Waals surface area contributed by atoms with Crippen LogP contribution in [0, 0.1) is 5.92 Å². The van der Waals surface area contributed by atoms with E-state index in [0.29, 0.717) is 12.0 Å². The monoisotopic (exact) mass is 243 g/mol. The van der Waals surface area contributed by atoms with Crippen molar-refractivity contribution in [3.8, 4) is 0 Å². The smallest absolute Gasteiger partial charge is 0.0722 e. The Labute approximate surface area is 109 Å². The molecule has 0 aromatic carbocycles. The lowest BCUT2D eigenvalue weighted by molar-refractivity contribution is 0.0172.